The fourth-order valence-electron chi connectivity index (χ4n) is 2.89. The molecule has 0 unspecified atom stereocenters. The van der Waals surface area contributed by atoms with Gasteiger partial charge in [0.2, 0.25) is 0 Å². The number of ketones is 1. The van der Waals surface area contributed by atoms with E-state index in [4.69, 9.17) is 4.74 Å². The monoisotopic (exact) mass is 398 g/mol. The van der Waals surface area contributed by atoms with Crippen molar-refractivity contribution < 1.29 is 14.3 Å². The van der Waals surface area contributed by atoms with Gasteiger partial charge >= 0.3 is 6.03 Å². The highest BCUT2D eigenvalue weighted by Gasteiger charge is 2.23. The standard InChI is InChI=1S/C19H22N2O2.C3H6O.C2H6/c22-19(20-15-7-3-1-4-8-15)21-16-11-13-18(14-12-16)23-17-9-5-2-6-10-17;1-3(2)4;1-2/h1-10,16,18H,11-14H2,(H2,20,21,22);1-2H3;1-2H3. The molecular formula is C24H34N2O3. The number of benzene rings is 2. The van der Waals surface area contributed by atoms with Crippen LogP contribution in [0.2, 0.25) is 0 Å². The molecule has 5 nitrogen and oxygen atoms in total. The van der Waals surface area contributed by atoms with E-state index in [1.54, 1.807) is 0 Å². The quantitative estimate of drug-likeness (QED) is 0.682. The number of rotatable bonds is 4. The zero-order valence-corrected chi connectivity index (χ0v) is 18.0. The molecule has 0 heterocycles. The van der Waals surface area contributed by atoms with Gasteiger partial charge in [-0.3, -0.25) is 0 Å². The van der Waals surface area contributed by atoms with Crippen molar-refractivity contribution in [3.05, 3.63) is 60.7 Å². The lowest BCUT2D eigenvalue weighted by Gasteiger charge is -2.29. The number of carbonyl (C=O) groups is 2. The van der Waals surface area contributed by atoms with Crippen LogP contribution >= 0.6 is 0 Å². The van der Waals surface area contributed by atoms with Crippen LogP contribution in [0.25, 0.3) is 0 Å². The Morgan fingerprint density at radius 2 is 1.31 bits per heavy atom. The number of hydrogen-bond donors (Lipinski definition) is 2. The number of carbonyl (C=O) groups excluding carboxylic acids is 2. The average Bonchev–Trinajstić information content (AvgIpc) is 2.72. The third-order valence-electron chi connectivity index (χ3n) is 4.09. The summed E-state index contributed by atoms with van der Waals surface area (Å²) < 4.78 is 5.98. The minimum absolute atomic E-state index is 0.136. The molecule has 0 radical (unpaired) electrons. The van der Waals surface area contributed by atoms with Gasteiger partial charge in [0.25, 0.3) is 0 Å². The molecule has 0 atom stereocenters. The molecule has 1 saturated carbocycles. The lowest BCUT2D eigenvalue weighted by molar-refractivity contribution is -0.114. The van der Waals surface area contributed by atoms with Gasteiger partial charge < -0.3 is 20.2 Å². The molecular weight excluding hydrogens is 364 g/mol. The minimum atomic E-state index is -0.136. The van der Waals surface area contributed by atoms with Crippen LogP contribution in [-0.2, 0) is 4.79 Å². The Morgan fingerprint density at radius 3 is 1.83 bits per heavy atom. The molecule has 3 rings (SSSR count). The van der Waals surface area contributed by atoms with Gasteiger partial charge in [-0.05, 0) is 63.8 Å². The number of anilines is 1. The predicted octanol–water partition coefficient (Wildman–Crippen LogP) is 5.82. The van der Waals surface area contributed by atoms with Crippen LogP contribution in [0.15, 0.2) is 60.7 Å². The van der Waals surface area contributed by atoms with E-state index in [1.165, 1.54) is 13.8 Å². The zero-order valence-electron chi connectivity index (χ0n) is 18.0. The minimum Gasteiger partial charge on any atom is -0.490 e. The SMILES string of the molecule is CC.CC(C)=O.O=C(Nc1ccccc1)NC1CCC(Oc2ccccc2)CC1. The number of amides is 2. The summed E-state index contributed by atoms with van der Waals surface area (Å²) in [6.45, 7) is 7.06. The molecule has 1 fully saturated rings. The van der Waals surface area contributed by atoms with Crippen molar-refractivity contribution in [3.63, 3.8) is 0 Å². The van der Waals surface area contributed by atoms with Gasteiger partial charge in [0, 0.05) is 11.7 Å². The van der Waals surface area contributed by atoms with Crippen molar-refractivity contribution in [2.24, 2.45) is 0 Å². The summed E-state index contributed by atoms with van der Waals surface area (Å²) in [6.07, 6.45) is 4.06. The molecule has 29 heavy (non-hydrogen) atoms. The van der Waals surface area contributed by atoms with E-state index in [9.17, 15) is 9.59 Å². The maximum atomic E-state index is 12.0. The van der Waals surface area contributed by atoms with E-state index < -0.39 is 0 Å². The van der Waals surface area contributed by atoms with Crippen LogP contribution in [0.5, 0.6) is 5.75 Å². The van der Waals surface area contributed by atoms with E-state index in [0.717, 1.165) is 37.1 Å². The van der Waals surface area contributed by atoms with Crippen molar-refractivity contribution >= 4 is 17.5 Å². The predicted molar refractivity (Wildman–Crippen MR) is 119 cm³/mol. The van der Waals surface area contributed by atoms with Gasteiger partial charge in [-0.25, -0.2) is 4.79 Å². The zero-order chi connectivity index (χ0) is 21.5. The summed E-state index contributed by atoms with van der Waals surface area (Å²) in [4.78, 5) is 21.4. The number of urea groups is 1. The lowest BCUT2D eigenvalue weighted by Crippen LogP contribution is -2.41. The van der Waals surface area contributed by atoms with E-state index in [1.807, 2.05) is 74.5 Å². The third-order valence-corrected chi connectivity index (χ3v) is 4.09. The van der Waals surface area contributed by atoms with Crippen molar-refractivity contribution in [3.8, 4) is 5.75 Å². The topological polar surface area (TPSA) is 67.4 Å². The number of nitrogens with one attached hydrogen (secondary N) is 2. The molecule has 0 aliphatic heterocycles. The molecule has 5 heteroatoms. The number of para-hydroxylation sites is 2. The summed E-state index contributed by atoms with van der Waals surface area (Å²) in [7, 11) is 0. The Kier molecular flexibility index (Phi) is 11.9. The van der Waals surface area contributed by atoms with Crippen LogP contribution in [0.3, 0.4) is 0 Å². The number of hydrogen-bond acceptors (Lipinski definition) is 3. The van der Waals surface area contributed by atoms with Crippen molar-refractivity contribution in [2.75, 3.05) is 5.32 Å². The van der Waals surface area contributed by atoms with Crippen molar-refractivity contribution in [1.82, 2.24) is 5.32 Å². The van der Waals surface area contributed by atoms with Crippen LogP contribution in [0.4, 0.5) is 10.5 Å². The van der Waals surface area contributed by atoms with Crippen molar-refractivity contribution in [2.45, 2.75) is 65.5 Å². The van der Waals surface area contributed by atoms with Gasteiger partial charge in [0.15, 0.2) is 0 Å². The molecule has 0 spiro atoms. The molecule has 2 N–H and O–H groups in total. The molecule has 2 aromatic rings. The summed E-state index contributed by atoms with van der Waals surface area (Å²) in [5.74, 6) is 1.09. The fourth-order valence-corrected chi connectivity index (χ4v) is 2.89. The summed E-state index contributed by atoms with van der Waals surface area (Å²) >= 11 is 0. The smallest absolute Gasteiger partial charge is 0.319 e. The first-order valence-corrected chi connectivity index (χ1v) is 10.3. The highest BCUT2D eigenvalue weighted by molar-refractivity contribution is 5.89. The second-order valence-electron chi connectivity index (χ2n) is 6.78. The summed E-state index contributed by atoms with van der Waals surface area (Å²) in [5.41, 5.74) is 0.811. The first-order valence-electron chi connectivity index (χ1n) is 10.3. The van der Waals surface area contributed by atoms with E-state index in [0.29, 0.717) is 0 Å². The van der Waals surface area contributed by atoms with Gasteiger partial charge in [-0.15, -0.1) is 0 Å². The lowest BCUT2D eigenvalue weighted by atomic mass is 9.93. The molecule has 2 amide bonds. The van der Waals surface area contributed by atoms with Gasteiger partial charge in [-0.1, -0.05) is 50.2 Å². The highest BCUT2D eigenvalue weighted by atomic mass is 16.5. The second kappa shape index (κ2) is 14.2. The van der Waals surface area contributed by atoms with Crippen LogP contribution < -0.4 is 15.4 Å². The normalized spacial score (nSPS) is 17.4. The Balaban J connectivity index is 0.000000627. The summed E-state index contributed by atoms with van der Waals surface area (Å²) in [5, 5.41) is 5.91. The Labute approximate surface area is 174 Å². The van der Waals surface area contributed by atoms with E-state index in [-0.39, 0.29) is 24.0 Å². The largest absolute Gasteiger partial charge is 0.490 e. The molecule has 0 aromatic heterocycles. The van der Waals surface area contributed by atoms with Crippen LogP contribution in [0, 0.1) is 0 Å². The molecule has 1 aliphatic carbocycles. The van der Waals surface area contributed by atoms with E-state index >= 15 is 0 Å². The Hall–Kier alpha value is -2.82. The summed E-state index contributed by atoms with van der Waals surface area (Å²) in [6, 6.07) is 19.5. The maximum absolute atomic E-state index is 12.0. The first-order chi connectivity index (χ1) is 14.0. The van der Waals surface area contributed by atoms with Gasteiger partial charge in [-0.2, -0.15) is 0 Å². The molecule has 158 valence electrons. The molecule has 2 aromatic carbocycles. The molecule has 0 bridgehead atoms. The Morgan fingerprint density at radius 1 is 0.828 bits per heavy atom. The third kappa shape index (κ3) is 10.9. The first kappa shape index (κ1) is 24.2. The van der Waals surface area contributed by atoms with E-state index in [2.05, 4.69) is 10.6 Å². The number of ether oxygens (including phenoxy) is 1. The molecule has 1 aliphatic rings. The highest BCUT2D eigenvalue weighted by Crippen LogP contribution is 2.23. The fraction of sp³-hybridized carbons (Fsp3) is 0.417. The van der Waals surface area contributed by atoms with Gasteiger partial charge in [0.05, 0.1) is 6.10 Å². The van der Waals surface area contributed by atoms with Crippen LogP contribution in [0.1, 0.15) is 53.4 Å². The van der Waals surface area contributed by atoms with Crippen molar-refractivity contribution in [1.29, 1.82) is 0 Å². The molecule has 0 saturated heterocycles. The number of Topliss-reactive ketones (excluding diaryl/α,β-unsaturated/α-hetero) is 1. The average molecular weight is 399 g/mol. The van der Waals surface area contributed by atoms with Gasteiger partial charge in [0.1, 0.15) is 11.5 Å². The maximum Gasteiger partial charge on any atom is 0.319 e. The Bertz CT molecular complexity index is 693. The van der Waals surface area contributed by atoms with Crippen LogP contribution in [-0.4, -0.2) is 24.0 Å². The second-order valence-corrected chi connectivity index (χ2v) is 6.78.